The van der Waals surface area contributed by atoms with E-state index in [0.29, 0.717) is 12.2 Å². The first-order valence-electron chi connectivity index (χ1n) is 13.2. The summed E-state index contributed by atoms with van der Waals surface area (Å²) in [6.07, 6.45) is 4.00. The van der Waals surface area contributed by atoms with E-state index in [1.807, 2.05) is 23.2 Å². The number of carbonyl (C=O) groups excluding carboxylic acids is 1. The number of carbonyl (C=O) groups is 1. The molecule has 0 unspecified atom stereocenters. The molecule has 0 aromatic heterocycles. The molecule has 2 fully saturated rings. The summed E-state index contributed by atoms with van der Waals surface area (Å²) in [5, 5.41) is 2.13. The van der Waals surface area contributed by atoms with E-state index < -0.39 is 0 Å². The minimum Gasteiger partial charge on any atom is -0.492 e. The second-order valence-corrected chi connectivity index (χ2v) is 10.3. The van der Waals surface area contributed by atoms with E-state index in [-0.39, 0.29) is 11.9 Å². The van der Waals surface area contributed by atoms with Gasteiger partial charge in [0.25, 0.3) is 5.91 Å². The zero-order chi connectivity index (χ0) is 24.6. The molecule has 2 saturated heterocycles. The highest BCUT2D eigenvalue weighted by Crippen LogP contribution is 2.34. The van der Waals surface area contributed by atoms with Gasteiger partial charge in [0.2, 0.25) is 0 Å². The summed E-state index contributed by atoms with van der Waals surface area (Å²) in [4.78, 5) is 24.7. The second-order valence-electron chi connectivity index (χ2n) is 10.3. The van der Waals surface area contributed by atoms with Gasteiger partial charge < -0.3 is 14.5 Å². The molecule has 6 heteroatoms. The Bertz CT molecular complexity index is 1310. The van der Waals surface area contributed by atoms with Crippen LogP contribution < -0.4 is 9.64 Å². The predicted octanol–water partition coefficient (Wildman–Crippen LogP) is 4.98. The summed E-state index contributed by atoms with van der Waals surface area (Å²) in [5.41, 5.74) is 5.18. The van der Waals surface area contributed by atoms with Crippen molar-refractivity contribution in [1.29, 1.82) is 0 Å². The van der Waals surface area contributed by atoms with Gasteiger partial charge in [-0.15, -0.1) is 0 Å². The number of hydrogen-bond acceptors (Lipinski definition) is 5. The third-order valence-electron chi connectivity index (χ3n) is 7.86. The number of ether oxygens (including phenoxy) is 1. The molecule has 3 heterocycles. The van der Waals surface area contributed by atoms with Gasteiger partial charge in [0.1, 0.15) is 12.4 Å². The number of amides is 1. The standard InChI is InChI=1S/C30H34N4O2/c1-21-5-7-25(8-6-21)33-12-10-32(11-13-33)14-15-36-29-19-24-18-28-27(17-23(24)16-22(29)2)30(35)34-9-3-4-26(34)20-31-28/h5-8,16-20,26H,3-4,9-15H2,1-2H3/t26-/m0/s1. The van der Waals surface area contributed by atoms with Crippen LogP contribution in [0.15, 0.2) is 53.5 Å². The van der Waals surface area contributed by atoms with E-state index in [1.165, 1.54) is 11.3 Å². The largest absolute Gasteiger partial charge is 0.492 e. The van der Waals surface area contributed by atoms with Crippen molar-refractivity contribution in [2.24, 2.45) is 4.99 Å². The summed E-state index contributed by atoms with van der Waals surface area (Å²) in [6.45, 7) is 10.8. The zero-order valence-electron chi connectivity index (χ0n) is 21.2. The van der Waals surface area contributed by atoms with Crippen molar-refractivity contribution in [3.63, 3.8) is 0 Å². The van der Waals surface area contributed by atoms with Crippen molar-refractivity contribution in [2.45, 2.75) is 32.7 Å². The molecule has 0 spiro atoms. The smallest absolute Gasteiger partial charge is 0.256 e. The van der Waals surface area contributed by atoms with E-state index in [2.05, 4.69) is 60.0 Å². The van der Waals surface area contributed by atoms with Crippen molar-refractivity contribution >= 4 is 34.3 Å². The fourth-order valence-corrected chi connectivity index (χ4v) is 5.65. The van der Waals surface area contributed by atoms with E-state index in [1.54, 1.807) is 0 Å². The second kappa shape index (κ2) is 9.58. The molecule has 0 aliphatic carbocycles. The van der Waals surface area contributed by atoms with Crippen molar-refractivity contribution in [2.75, 3.05) is 50.8 Å². The highest BCUT2D eigenvalue weighted by atomic mass is 16.5. The van der Waals surface area contributed by atoms with Crippen LogP contribution >= 0.6 is 0 Å². The number of anilines is 1. The molecule has 6 nitrogen and oxygen atoms in total. The van der Waals surface area contributed by atoms with Crippen molar-refractivity contribution in [3.8, 4) is 5.75 Å². The summed E-state index contributed by atoms with van der Waals surface area (Å²) in [5.74, 6) is 1.01. The Morgan fingerprint density at radius 2 is 1.72 bits per heavy atom. The third kappa shape index (κ3) is 4.46. The molecular formula is C30H34N4O2. The van der Waals surface area contributed by atoms with Gasteiger partial charge in [-0.3, -0.25) is 14.7 Å². The molecule has 0 radical (unpaired) electrons. The lowest BCUT2D eigenvalue weighted by molar-refractivity contribution is 0.0775. The molecule has 1 atom stereocenters. The van der Waals surface area contributed by atoms with Gasteiger partial charge in [-0.25, -0.2) is 0 Å². The van der Waals surface area contributed by atoms with E-state index in [9.17, 15) is 4.79 Å². The molecule has 0 bridgehead atoms. The van der Waals surface area contributed by atoms with Gasteiger partial charge in [-0.1, -0.05) is 17.7 Å². The summed E-state index contributed by atoms with van der Waals surface area (Å²) in [6, 6.07) is 17.2. The van der Waals surface area contributed by atoms with Gasteiger partial charge in [-0.2, -0.15) is 0 Å². The number of rotatable bonds is 5. The fraction of sp³-hybridized carbons (Fsp3) is 0.400. The Morgan fingerprint density at radius 1 is 0.944 bits per heavy atom. The first-order valence-corrected chi connectivity index (χ1v) is 13.2. The third-order valence-corrected chi connectivity index (χ3v) is 7.86. The molecule has 3 aliphatic rings. The van der Waals surface area contributed by atoms with Crippen LogP contribution in [0.25, 0.3) is 10.8 Å². The molecule has 3 aromatic carbocycles. The topological polar surface area (TPSA) is 48.4 Å². The maximum absolute atomic E-state index is 13.1. The number of nitrogens with zero attached hydrogens (tertiary/aromatic N) is 4. The maximum Gasteiger partial charge on any atom is 0.256 e. The number of fused-ring (bicyclic) bond motifs is 3. The van der Waals surface area contributed by atoms with Crippen molar-refractivity contribution in [1.82, 2.24) is 9.80 Å². The van der Waals surface area contributed by atoms with E-state index in [4.69, 9.17) is 9.73 Å². The van der Waals surface area contributed by atoms with Crippen LogP contribution in [0.2, 0.25) is 0 Å². The molecule has 0 N–H and O–H groups in total. The van der Waals surface area contributed by atoms with E-state index in [0.717, 1.165) is 79.9 Å². The Labute approximate surface area is 213 Å². The SMILES string of the molecule is Cc1ccc(N2CCN(CCOc3cc4cc5c(cc4cc3C)C(=O)N3CCC[C@H]3C=N5)CC2)cc1. The van der Waals surface area contributed by atoms with Crippen LogP contribution in [-0.4, -0.2) is 73.8 Å². The average molecular weight is 483 g/mol. The Morgan fingerprint density at radius 3 is 2.53 bits per heavy atom. The highest BCUT2D eigenvalue weighted by molar-refractivity contribution is 6.06. The molecule has 186 valence electrons. The monoisotopic (exact) mass is 482 g/mol. The molecule has 3 aliphatic heterocycles. The Kier molecular flexibility index (Phi) is 6.13. The number of piperazine rings is 1. The Hall–Kier alpha value is -3.38. The predicted molar refractivity (Wildman–Crippen MR) is 146 cm³/mol. The van der Waals surface area contributed by atoms with Crippen LogP contribution in [0.5, 0.6) is 5.75 Å². The first-order chi connectivity index (χ1) is 17.5. The lowest BCUT2D eigenvalue weighted by atomic mass is 10.0. The first kappa shape index (κ1) is 23.0. The molecule has 1 amide bonds. The quantitative estimate of drug-likeness (QED) is 0.515. The van der Waals surface area contributed by atoms with Gasteiger partial charge in [-0.05, 0) is 79.4 Å². The van der Waals surface area contributed by atoms with Crippen LogP contribution in [0, 0.1) is 13.8 Å². The van der Waals surface area contributed by atoms with E-state index >= 15 is 0 Å². The molecule has 36 heavy (non-hydrogen) atoms. The number of hydrogen-bond donors (Lipinski definition) is 0. The Balaban J connectivity index is 1.10. The summed E-state index contributed by atoms with van der Waals surface area (Å²) >= 11 is 0. The molecule has 3 aromatic rings. The minimum absolute atomic E-state index is 0.104. The lowest BCUT2D eigenvalue weighted by Crippen LogP contribution is -2.47. The van der Waals surface area contributed by atoms with Crippen molar-refractivity contribution in [3.05, 3.63) is 65.2 Å². The minimum atomic E-state index is 0.104. The van der Waals surface area contributed by atoms with Gasteiger partial charge in [0, 0.05) is 51.2 Å². The van der Waals surface area contributed by atoms with Gasteiger partial charge in [0.15, 0.2) is 0 Å². The van der Waals surface area contributed by atoms with Crippen LogP contribution in [-0.2, 0) is 0 Å². The maximum atomic E-state index is 13.1. The van der Waals surface area contributed by atoms with Crippen LogP contribution in [0.1, 0.15) is 34.3 Å². The molecule has 0 saturated carbocycles. The van der Waals surface area contributed by atoms with Gasteiger partial charge in [0.05, 0.1) is 17.3 Å². The van der Waals surface area contributed by atoms with Crippen LogP contribution in [0.3, 0.4) is 0 Å². The normalized spacial score (nSPS) is 19.9. The van der Waals surface area contributed by atoms with Gasteiger partial charge >= 0.3 is 0 Å². The molecule has 6 rings (SSSR count). The van der Waals surface area contributed by atoms with Crippen LogP contribution in [0.4, 0.5) is 11.4 Å². The highest BCUT2D eigenvalue weighted by Gasteiger charge is 2.31. The summed E-state index contributed by atoms with van der Waals surface area (Å²) < 4.78 is 6.25. The summed E-state index contributed by atoms with van der Waals surface area (Å²) in [7, 11) is 0. The average Bonchev–Trinajstić information content (AvgIpc) is 3.32. The number of aryl methyl sites for hydroxylation is 2. The number of aliphatic imine (C=N–C) groups is 1. The molecular weight excluding hydrogens is 448 g/mol. The lowest BCUT2D eigenvalue weighted by Gasteiger charge is -2.36. The number of benzene rings is 3. The zero-order valence-corrected chi connectivity index (χ0v) is 21.2. The van der Waals surface area contributed by atoms with Crippen molar-refractivity contribution < 1.29 is 9.53 Å². The fourth-order valence-electron chi connectivity index (χ4n) is 5.65.